The van der Waals surface area contributed by atoms with Gasteiger partial charge in [-0.1, -0.05) is 0 Å². The fourth-order valence-corrected chi connectivity index (χ4v) is 2.31. The molecule has 0 aliphatic heterocycles. The lowest BCUT2D eigenvalue weighted by molar-refractivity contribution is 0.101. The van der Waals surface area contributed by atoms with E-state index in [1.165, 1.54) is 17.1 Å². The molecule has 0 fully saturated rings. The predicted molar refractivity (Wildman–Crippen MR) is 80.7 cm³/mol. The Morgan fingerprint density at radius 3 is 2.52 bits per heavy atom. The van der Waals surface area contributed by atoms with E-state index in [1.807, 2.05) is 20.8 Å². The highest BCUT2D eigenvalue weighted by molar-refractivity contribution is 7.89. The minimum Gasteiger partial charge on any atom is -0.319 e. The molecule has 2 rings (SSSR count). The first-order chi connectivity index (χ1) is 10.5. The van der Waals surface area contributed by atoms with Gasteiger partial charge >= 0.3 is 0 Å². The first-order valence-electron chi connectivity index (χ1n) is 6.54. The molecule has 0 aliphatic rings. The zero-order valence-corrected chi connectivity index (χ0v) is 13.6. The number of hydrogen-bond acceptors (Lipinski definition) is 5. The third kappa shape index (κ3) is 3.90. The van der Waals surface area contributed by atoms with Crippen molar-refractivity contribution in [1.82, 2.24) is 14.8 Å². The van der Waals surface area contributed by atoms with E-state index >= 15 is 0 Å². The Hall–Kier alpha value is -2.33. The van der Waals surface area contributed by atoms with E-state index in [-0.39, 0.29) is 17.1 Å². The SMILES string of the molecule is CC(C)(C)n1cnc(C(=O)Nc2ccc(F)c(S(N)(=O)=O)c2)n1. The molecule has 0 spiro atoms. The normalized spacial score (nSPS) is 12.2. The first kappa shape index (κ1) is 17.0. The van der Waals surface area contributed by atoms with Gasteiger partial charge in [-0.15, -0.1) is 5.10 Å². The van der Waals surface area contributed by atoms with Crippen molar-refractivity contribution in [2.75, 3.05) is 5.32 Å². The number of aromatic nitrogens is 3. The van der Waals surface area contributed by atoms with Gasteiger partial charge in [0.15, 0.2) is 0 Å². The number of hydrogen-bond donors (Lipinski definition) is 2. The number of anilines is 1. The average molecular weight is 341 g/mol. The van der Waals surface area contributed by atoms with Crippen LogP contribution in [0.3, 0.4) is 0 Å². The maximum Gasteiger partial charge on any atom is 0.295 e. The number of primary sulfonamides is 1. The van der Waals surface area contributed by atoms with E-state index in [0.717, 1.165) is 12.1 Å². The summed E-state index contributed by atoms with van der Waals surface area (Å²) in [6.07, 6.45) is 1.41. The molecule has 1 aromatic carbocycles. The Bertz CT molecular complexity index is 855. The summed E-state index contributed by atoms with van der Waals surface area (Å²) in [4.78, 5) is 15.3. The number of sulfonamides is 1. The molecule has 0 saturated carbocycles. The van der Waals surface area contributed by atoms with E-state index in [1.54, 1.807) is 0 Å². The molecular formula is C13H16FN5O3S. The Labute approximate surface area is 132 Å². The predicted octanol–water partition coefficient (Wildman–Crippen LogP) is 1.07. The second-order valence-corrected chi connectivity index (χ2v) is 7.36. The van der Waals surface area contributed by atoms with Crippen molar-refractivity contribution in [2.24, 2.45) is 5.14 Å². The Morgan fingerprint density at radius 1 is 1.35 bits per heavy atom. The van der Waals surface area contributed by atoms with Crippen LogP contribution in [0.5, 0.6) is 0 Å². The third-order valence-corrected chi connectivity index (χ3v) is 3.80. The lowest BCUT2D eigenvalue weighted by Gasteiger charge is -2.17. The van der Waals surface area contributed by atoms with Gasteiger partial charge in [-0.05, 0) is 39.0 Å². The van der Waals surface area contributed by atoms with Crippen LogP contribution in [0, 0.1) is 5.82 Å². The fourth-order valence-electron chi connectivity index (χ4n) is 1.68. The highest BCUT2D eigenvalue weighted by atomic mass is 32.2. The van der Waals surface area contributed by atoms with Crippen LogP contribution in [0.2, 0.25) is 0 Å². The Kier molecular flexibility index (Phi) is 4.22. The molecule has 8 nitrogen and oxygen atoms in total. The molecule has 0 saturated heterocycles. The molecule has 0 aliphatic carbocycles. The summed E-state index contributed by atoms with van der Waals surface area (Å²) >= 11 is 0. The van der Waals surface area contributed by atoms with Crippen LogP contribution in [-0.4, -0.2) is 29.1 Å². The van der Waals surface area contributed by atoms with E-state index in [9.17, 15) is 17.6 Å². The van der Waals surface area contributed by atoms with Crippen LogP contribution in [0.15, 0.2) is 29.4 Å². The van der Waals surface area contributed by atoms with E-state index in [0.29, 0.717) is 0 Å². The number of rotatable bonds is 3. The van der Waals surface area contributed by atoms with Crippen molar-refractivity contribution in [2.45, 2.75) is 31.2 Å². The van der Waals surface area contributed by atoms with Crippen molar-refractivity contribution in [3.05, 3.63) is 36.2 Å². The fraction of sp³-hybridized carbons (Fsp3) is 0.308. The molecular weight excluding hydrogens is 325 g/mol. The highest BCUT2D eigenvalue weighted by Crippen LogP contribution is 2.19. The zero-order valence-electron chi connectivity index (χ0n) is 12.7. The number of benzene rings is 1. The monoisotopic (exact) mass is 341 g/mol. The second kappa shape index (κ2) is 5.70. The summed E-state index contributed by atoms with van der Waals surface area (Å²) in [5.74, 6) is -1.75. The number of amides is 1. The summed E-state index contributed by atoms with van der Waals surface area (Å²) in [5, 5.41) is 11.4. The van der Waals surface area contributed by atoms with Crippen LogP contribution in [0.25, 0.3) is 0 Å². The average Bonchev–Trinajstić information content (AvgIpc) is 2.89. The summed E-state index contributed by atoms with van der Waals surface area (Å²) in [6.45, 7) is 5.67. The van der Waals surface area contributed by atoms with Gasteiger partial charge in [-0.25, -0.2) is 27.6 Å². The van der Waals surface area contributed by atoms with E-state index < -0.39 is 26.6 Å². The van der Waals surface area contributed by atoms with Gasteiger partial charge in [-0.3, -0.25) is 4.79 Å². The van der Waals surface area contributed by atoms with Gasteiger partial charge in [-0.2, -0.15) is 0 Å². The second-order valence-electron chi connectivity index (χ2n) is 5.83. The molecule has 124 valence electrons. The number of carbonyl (C=O) groups excluding carboxylic acids is 1. The van der Waals surface area contributed by atoms with Crippen LogP contribution >= 0.6 is 0 Å². The van der Waals surface area contributed by atoms with Crippen molar-refractivity contribution < 1.29 is 17.6 Å². The topological polar surface area (TPSA) is 120 Å². The van der Waals surface area contributed by atoms with Crippen molar-refractivity contribution >= 4 is 21.6 Å². The molecule has 10 heteroatoms. The van der Waals surface area contributed by atoms with Crippen LogP contribution in [0.4, 0.5) is 10.1 Å². The van der Waals surface area contributed by atoms with Gasteiger partial charge in [0, 0.05) is 5.69 Å². The molecule has 0 bridgehead atoms. The highest BCUT2D eigenvalue weighted by Gasteiger charge is 2.20. The molecule has 3 N–H and O–H groups in total. The number of halogens is 1. The standard InChI is InChI=1S/C13H16FN5O3S/c1-13(2,3)19-7-16-11(18-19)12(20)17-8-4-5-9(14)10(6-8)23(15,21)22/h4-7H,1-3H3,(H,17,20)(H2,15,21,22). The summed E-state index contributed by atoms with van der Waals surface area (Å²) in [6, 6.07) is 3.04. The van der Waals surface area contributed by atoms with Gasteiger partial charge in [0.1, 0.15) is 17.0 Å². The molecule has 1 amide bonds. The molecule has 0 radical (unpaired) electrons. The van der Waals surface area contributed by atoms with Gasteiger partial charge < -0.3 is 5.32 Å². The van der Waals surface area contributed by atoms with Gasteiger partial charge in [0.2, 0.25) is 15.8 Å². The van der Waals surface area contributed by atoms with Gasteiger partial charge in [0.05, 0.1) is 5.54 Å². The van der Waals surface area contributed by atoms with Crippen molar-refractivity contribution in [3.8, 4) is 0 Å². The quantitative estimate of drug-likeness (QED) is 0.865. The third-order valence-electron chi connectivity index (χ3n) is 2.88. The van der Waals surface area contributed by atoms with Gasteiger partial charge in [0.25, 0.3) is 5.91 Å². The Morgan fingerprint density at radius 2 is 2.00 bits per heavy atom. The smallest absolute Gasteiger partial charge is 0.295 e. The molecule has 1 heterocycles. The summed E-state index contributed by atoms with van der Waals surface area (Å²) < 4.78 is 37.5. The van der Waals surface area contributed by atoms with Crippen LogP contribution in [0.1, 0.15) is 31.4 Å². The van der Waals surface area contributed by atoms with Crippen LogP contribution in [-0.2, 0) is 15.6 Å². The first-order valence-corrected chi connectivity index (χ1v) is 8.09. The van der Waals surface area contributed by atoms with E-state index in [4.69, 9.17) is 5.14 Å². The Balaban J connectivity index is 2.26. The zero-order chi connectivity index (χ0) is 17.4. The molecule has 0 atom stereocenters. The van der Waals surface area contributed by atoms with Crippen LogP contribution < -0.4 is 10.5 Å². The maximum atomic E-state index is 13.5. The number of nitrogens with two attached hydrogens (primary N) is 1. The maximum absolute atomic E-state index is 13.5. The molecule has 23 heavy (non-hydrogen) atoms. The van der Waals surface area contributed by atoms with E-state index in [2.05, 4.69) is 15.4 Å². The largest absolute Gasteiger partial charge is 0.319 e. The molecule has 0 unspecified atom stereocenters. The van der Waals surface area contributed by atoms with Crippen molar-refractivity contribution in [1.29, 1.82) is 0 Å². The minimum atomic E-state index is -4.23. The lowest BCUT2D eigenvalue weighted by atomic mass is 10.1. The molecule has 2 aromatic rings. The van der Waals surface area contributed by atoms with Crippen molar-refractivity contribution in [3.63, 3.8) is 0 Å². The molecule has 1 aromatic heterocycles. The lowest BCUT2D eigenvalue weighted by Crippen LogP contribution is -2.23. The summed E-state index contributed by atoms with van der Waals surface area (Å²) in [5.41, 5.74) is -0.283. The summed E-state index contributed by atoms with van der Waals surface area (Å²) in [7, 11) is -4.23. The minimum absolute atomic E-state index is 0.0625. The number of nitrogens with one attached hydrogen (secondary N) is 1. The number of nitrogens with zero attached hydrogens (tertiary/aromatic N) is 3. The number of carbonyl (C=O) groups is 1.